The topological polar surface area (TPSA) is 79.5 Å². The summed E-state index contributed by atoms with van der Waals surface area (Å²) in [7, 11) is 0. The predicted octanol–water partition coefficient (Wildman–Crippen LogP) is 2.19. The fourth-order valence-corrected chi connectivity index (χ4v) is 2.24. The molecule has 2 amide bonds. The van der Waals surface area contributed by atoms with Gasteiger partial charge in [-0.25, -0.2) is 4.79 Å². The third-order valence-electron chi connectivity index (χ3n) is 3.34. The zero-order valence-electron chi connectivity index (χ0n) is 12.1. The van der Waals surface area contributed by atoms with Gasteiger partial charge < -0.3 is 15.4 Å². The number of carbonyl (C=O) groups is 2. The summed E-state index contributed by atoms with van der Waals surface area (Å²) < 4.78 is 4.79. The molecule has 1 aromatic rings. The summed E-state index contributed by atoms with van der Waals surface area (Å²) in [6, 6.07) is 6.97. The van der Waals surface area contributed by atoms with Crippen LogP contribution in [-0.2, 0) is 9.53 Å². The van der Waals surface area contributed by atoms with Gasteiger partial charge in [0.15, 0.2) is 0 Å². The van der Waals surface area contributed by atoms with Crippen molar-refractivity contribution in [3.63, 3.8) is 0 Å². The largest absolute Gasteiger partial charge is 0.450 e. The first-order chi connectivity index (χ1) is 10.2. The number of benzene rings is 1. The summed E-state index contributed by atoms with van der Waals surface area (Å²) in [6.07, 6.45) is 1.46. The number of piperidine rings is 1. The standard InChI is InChI=1S/C15H21N3O3/c1-2-21-15(20)18-13-7-5-12(6-8-13)17-14(19)11-4-3-9-16-10-11/h5-8,11,16H,2-4,9-10H2,1H3,(H,17,19)(H,18,20)/t11-/m0/s1. The third-order valence-corrected chi connectivity index (χ3v) is 3.34. The molecule has 1 fully saturated rings. The lowest BCUT2D eigenvalue weighted by Gasteiger charge is -2.21. The van der Waals surface area contributed by atoms with E-state index in [1.165, 1.54) is 0 Å². The highest BCUT2D eigenvalue weighted by Crippen LogP contribution is 2.17. The Bertz CT molecular complexity index is 481. The van der Waals surface area contributed by atoms with E-state index in [-0.39, 0.29) is 11.8 Å². The number of ether oxygens (including phenoxy) is 1. The van der Waals surface area contributed by atoms with Crippen LogP contribution in [0.3, 0.4) is 0 Å². The summed E-state index contributed by atoms with van der Waals surface area (Å²) in [5, 5.41) is 8.72. The first-order valence-electron chi connectivity index (χ1n) is 7.24. The number of nitrogens with one attached hydrogen (secondary N) is 3. The SMILES string of the molecule is CCOC(=O)Nc1ccc(NC(=O)[C@H]2CCCNC2)cc1. The van der Waals surface area contributed by atoms with Gasteiger partial charge in [-0.05, 0) is 50.6 Å². The van der Waals surface area contributed by atoms with Crippen molar-refractivity contribution in [3.8, 4) is 0 Å². The molecule has 114 valence electrons. The highest BCUT2D eigenvalue weighted by Gasteiger charge is 2.20. The zero-order chi connectivity index (χ0) is 15.1. The number of carbonyl (C=O) groups excluding carboxylic acids is 2. The molecule has 0 aliphatic carbocycles. The molecule has 0 saturated carbocycles. The number of hydrogen-bond donors (Lipinski definition) is 3. The Morgan fingerprint density at radius 3 is 2.48 bits per heavy atom. The van der Waals surface area contributed by atoms with Crippen LogP contribution in [0, 0.1) is 5.92 Å². The minimum atomic E-state index is -0.484. The Morgan fingerprint density at radius 2 is 1.90 bits per heavy atom. The molecule has 0 unspecified atom stereocenters. The number of amides is 2. The van der Waals surface area contributed by atoms with Crippen LogP contribution in [-0.4, -0.2) is 31.7 Å². The van der Waals surface area contributed by atoms with Gasteiger partial charge in [-0.15, -0.1) is 0 Å². The molecular formula is C15H21N3O3. The van der Waals surface area contributed by atoms with E-state index in [9.17, 15) is 9.59 Å². The van der Waals surface area contributed by atoms with Crippen molar-refractivity contribution in [2.75, 3.05) is 30.3 Å². The summed E-state index contributed by atoms with van der Waals surface area (Å²) in [4.78, 5) is 23.3. The molecule has 0 bridgehead atoms. The molecule has 21 heavy (non-hydrogen) atoms. The minimum Gasteiger partial charge on any atom is -0.450 e. The summed E-state index contributed by atoms with van der Waals surface area (Å²) >= 11 is 0. The molecule has 2 rings (SSSR count). The molecule has 1 aliphatic heterocycles. The second-order valence-corrected chi connectivity index (χ2v) is 4.96. The molecule has 1 atom stereocenters. The van der Waals surface area contributed by atoms with E-state index >= 15 is 0 Å². The van der Waals surface area contributed by atoms with Crippen LogP contribution in [0.4, 0.5) is 16.2 Å². The summed E-state index contributed by atoms with van der Waals surface area (Å²) in [5.41, 5.74) is 1.35. The second kappa shape index (κ2) is 7.64. The maximum atomic E-state index is 12.1. The van der Waals surface area contributed by atoms with E-state index in [1.807, 2.05) is 0 Å². The third kappa shape index (κ3) is 4.75. The maximum absolute atomic E-state index is 12.1. The van der Waals surface area contributed by atoms with Gasteiger partial charge in [-0.3, -0.25) is 10.1 Å². The molecule has 6 heteroatoms. The normalized spacial score (nSPS) is 17.9. The van der Waals surface area contributed by atoms with Crippen LogP contribution in [0.25, 0.3) is 0 Å². The number of rotatable bonds is 4. The van der Waals surface area contributed by atoms with Crippen molar-refractivity contribution in [2.24, 2.45) is 5.92 Å². The lowest BCUT2D eigenvalue weighted by molar-refractivity contribution is -0.120. The van der Waals surface area contributed by atoms with E-state index in [4.69, 9.17) is 4.74 Å². The lowest BCUT2D eigenvalue weighted by Crippen LogP contribution is -2.37. The van der Waals surface area contributed by atoms with E-state index in [2.05, 4.69) is 16.0 Å². The molecular weight excluding hydrogens is 270 g/mol. The van der Waals surface area contributed by atoms with Crippen molar-refractivity contribution in [3.05, 3.63) is 24.3 Å². The zero-order valence-corrected chi connectivity index (χ0v) is 12.1. The minimum absolute atomic E-state index is 0.0242. The molecule has 0 radical (unpaired) electrons. The van der Waals surface area contributed by atoms with Gasteiger partial charge in [0, 0.05) is 17.9 Å². The Morgan fingerprint density at radius 1 is 1.24 bits per heavy atom. The lowest BCUT2D eigenvalue weighted by atomic mass is 9.99. The van der Waals surface area contributed by atoms with E-state index in [1.54, 1.807) is 31.2 Å². The van der Waals surface area contributed by atoms with Crippen LogP contribution in [0.1, 0.15) is 19.8 Å². The fraction of sp³-hybridized carbons (Fsp3) is 0.467. The molecule has 0 aromatic heterocycles. The Kier molecular flexibility index (Phi) is 5.57. The monoisotopic (exact) mass is 291 g/mol. The highest BCUT2D eigenvalue weighted by atomic mass is 16.5. The van der Waals surface area contributed by atoms with Crippen LogP contribution >= 0.6 is 0 Å². The Labute approximate surface area is 124 Å². The first kappa shape index (κ1) is 15.3. The van der Waals surface area contributed by atoms with Gasteiger partial charge in [0.25, 0.3) is 0 Å². The van der Waals surface area contributed by atoms with Crippen molar-refractivity contribution in [1.29, 1.82) is 0 Å². The van der Waals surface area contributed by atoms with Crippen LogP contribution in [0.2, 0.25) is 0 Å². The predicted molar refractivity (Wildman–Crippen MR) is 81.3 cm³/mol. The molecule has 1 saturated heterocycles. The van der Waals surface area contributed by atoms with Crippen LogP contribution < -0.4 is 16.0 Å². The fourth-order valence-electron chi connectivity index (χ4n) is 2.24. The van der Waals surface area contributed by atoms with Crippen molar-refractivity contribution < 1.29 is 14.3 Å². The van der Waals surface area contributed by atoms with Crippen molar-refractivity contribution in [1.82, 2.24) is 5.32 Å². The molecule has 1 heterocycles. The van der Waals surface area contributed by atoms with Gasteiger partial charge in [0.2, 0.25) is 5.91 Å². The maximum Gasteiger partial charge on any atom is 0.411 e. The van der Waals surface area contributed by atoms with Crippen LogP contribution in [0.15, 0.2) is 24.3 Å². The quantitative estimate of drug-likeness (QED) is 0.794. The Hall–Kier alpha value is -2.08. The number of anilines is 2. The van der Waals surface area contributed by atoms with Gasteiger partial charge in [-0.2, -0.15) is 0 Å². The van der Waals surface area contributed by atoms with Crippen molar-refractivity contribution >= 4 is 23.4 Å². The summed E-state index contributed by atoms with van der Waals surface area (Å²) in [6.45, 7) is 3.79. The average molecular weight is 291 g/mol. The smallest absolute Gasteiger partial charge is 0.411 e. The molecule has 1 aliphatic rings. The van der Waals surface area contributed by atoms with E-state index in [0.717, 1.165) is 31.6 Å². The molecule has 3 N–H and O–H groups in total. The van der Waals surface area contributed by atoms with Gasteiger partial charge in [0.1, 0.15) is 0 Å². The van der Waals surface area contributed by atoms with Gasteiger partial charge in [0.05, 0.1) is 12.5 Å². The molecule has 0 spiro atoms. The molecule has 6 nitrogen and oxygen atoms in total. The molecule has 1 aromatic carbocycles. The van der Waals surface area contributed by atoms with Crippen LogP contribution in [0.5, 0.6) is 0 Å². The van der Waals surface area contributed by atoms with E-state index < -0.39 is 6.09 Å². The summed E-state index contributed by atoms with van der Waals surface area (Å²) in [5.74, 6) is 0.0596. The highest BCUT2D eigenvalue weighted by molar-refractivity contribution is 5.93. The van der Waals surface area contributed by atoms with Crippen molar-refractivity contribution in [2.45, 2.75) is 19.8 Å². The average Bonchev–Trinajstić information content (AvgIpc) is 2.50. The van der Waals surface area contributed by atoms with Gasteiger partial charge >= 0.3 is 6.09 Å². The van der Waals surface area contributed by atoms with Gasteiger partial charge in [-0.1, -0.05) is 0 Å². The number of hydrogen-bond acceptors (Lipinski definition) is 4. The van der Waals surface area contributed by atoms with E-state index in [0.29, 0.717) is 12.3 Å². The second-order valence-electron chi connectivity index (χ2n) is 4.96. The Balaban J connectivity index is 1.86. The first-order valence-corrected chi connectivity index (χ1v) is 7.24.